The summed E-state index contributed by atoms with van der Waals surface area (Å²) in [5.74, 6) is 1.52. The summed E-state index contributed by atoms with van der Waals surface area (Å²) in [6.45, 7) is 6.64. The Bertz CT molecular complexity index is 788. The first-order chi connectivity index (χ1) is 10.5. The number of rotatable bonds is 2. The number of H-pyrrole nitrogens is 1. The average Bonchev–Trinajstić information content (AvgIpc) is 2.50. The van der Waals surface area contributed by atoms with E-state index in [4.69, 9.17) is 0 Å². The van der Waals surface area contributed by atoms with Crippen molar-refractivity contribution in [2.24, 2.45) is 17.8 Å². The Hall–Kier alpha value is -1.84. The van der Waals surface area contributed by atoms with Gasteiger partial charge in [-0.05, 0) is 42.7 Å². The second-order valence-electron chi connectivity index (χ2n) is 7.06. The van der Waals surface area contributed by atoms with Crippen molar-refractivity contribution in [2.75, 3.05) is 0 Å². The lowest BCUT2D eigenvalue weighted by Gasteiger charge is -2.37. The minimum atomic E-state index is -0.170. The zero-order valence-corrected chi connectivity index (χ0v) is 13.5. The first-order valence-corrected chi connectivity index (χ1v) is 8.22. The van der Waals surface area contributed by atoms with E-state index in [-0.39, 0.29) is 17.2 Å². The van der Waals surface area contributed by atoms with Gasteiger partial charge >= 0.3 is 0 Å². The zero-order valence-electron chi connectivity index (χ0n) is 13.5. The van der Waals surface area contributed by atoms with Crippen LogP contribution in [0, 0.1) is 17.8 Å². The predicted molar refractivity (Wildman–Crippen MR) is 89.2 cm³/mol. The number of hydrogen-bond donors (Lipinski definition) is 1. The predicted octanol–water partition coefficient (Wildman–Crippen LogP) is 3.32. The smallest absolute Gasteiger partial charge is 0.267 e. The number of aromatic amines is 1. The quantitative estimate of drug-likeness (QED) is 0.925. The maximum atomic E-state index is 12.8. The minimum Gasteiger partial charge on any atom is -0.267 e. The van der Waals surface area contributed by atoms with Gasteiger partial charge in [-0.2, -0.15) is 0 Å². The normalized spacial score (nSPS) is 25.7. The summed E-state index contributed by atoms with van der Waals surface area (Å²) in [5, 5.41) is 3.84. The molecule has 0 spiro atoms. The molecule has 1 saturated carbocycles. The fourth-order valence-electron chi connectivity index (χ4n) is 3.90. The first kappa shape index (κ1) is 15.1. The van der Waals surface area contributed by atoms with Crippen LogP contribution in [0.25, 0.3) is 10.8 Å². The highest BCUT2D eigenvalue weighted by molar-refractivity contribution is 5.80. The topological polar surface area (TPSA) is 54.9 Å². The molecule has 1 aliphatic rings. The summed E-state index contributed by atoms with van der Waals surface area (Å²) in [6, 6.07) is 7.16. The van der Waals surface area contributed by atoms with Gasteiger partial charge in [0.1, 0.15) is 0 Å². The molecular formula is C18H24N2O2. The molecule has 4 heteroatoms. The molecule has 0 saturated heterocycles. The molecule has 1 aromatic carbocycles. The van der Waals surface area contributed by atoms with Crippen LogP contribution in [0.1, 0.15) is 46.1 Å². The van der Waals surface area contributed by atoms with Crippen LogP contribution in [-0.2, 0) is 0 Å². The van der Waals surface area contributed by atoms with Crippen LogP contribution >= 0.6 is 0 Å². The molecule has 0 aliphatic heterocycles. The Morgan fingerprint density at radius 3 is 2.50 bits per heavy atom. The number of aromatic nitrogens is 2. The molecule has 1 fully saturated rings. The van der Waals surface area contributed by atoms with Gasteiger partial charge in [0.2, 0.25) is 0 Å². The number of nitrogens with zero attached hydrogens (tertiary/aromatic N) is 1. The van der Waals surface area contributed by atoms with Crippen LogP contribution < -0.4 is 11.1 Å². The highest BCUT2D eigenvalue weighted by Crippen LogP contribution is 2.39. The second-order valence-corrected chi connectivity index (χ2v) is 7.06. The highest BCUT2D eigenvalue weighted by Gasteiger charge is 2.33. The van der Waals surface area contributed by atoms with E-state index in [2.05, 4.69) is 25.9 Å². The van der Waals surface area contributed by atoms with Gasteiger partial charge in [0, 0.05) is 0 Å². The lowest BCUT2D eigenvalue weighted by Crippen LogP contribution is -2.40. The Labute approximate surface area is 130 Å². The Balaban J connectivity index is 2.18. The molecule has 1 aliphatic carbocycles. The molecule has 0 radical (unpaired) electrons. The van der Waals surface area contributed by atoms with Gasteiger partial charge in [-0.25, -0.2) is 4.68 Å². The third kappa shape index (κ3) is 2.51. The molecule has 4 nitrogen and oxygen atoms in total. The molecule has 0 unspecified atom stereocenters. The summed E-state index contributed by atoms with van der Waals surface area (Å²) < 4.78 is 1.62. The van der Waals surface area contributed by atoms with Crippen molar-refractivity contribution in [2.45, 2.75) is 46.1 Å². The van der Waals surface area contributed by atoms with Gasteiger partial charge in [-0.15, -0.1) is 0 Å². The van der Waals surface area contributed by atoms with E-state index in [1.165, 1.54) is 6.42 Å². The molecule has 0 bridgehead atoms. The average molecular weight is 300 g/mol. The number of nitrogens with one attached hydrogen (secondary N) is 1. The molecule has 22 heavy (non-hydrogen) atoms. The van der Waals surface area contributed by atoms with Gasteiger partial charge in [-0.3, -0.25) is 14.7 Å². The van der Waals surface area contributed by atoms with Gasteiger partial charge in [-0.1, -0.05) is 39.3 Å². The van der Waals surface area contributed by atoms with Gasteiger partial charge < -0.3 is 0 Å². The van der Waals surface area contributed by atoms with E-state index in [0.29, 0.717) is 28.5 Å². The van der Waals surface area contributed by atoms with Crippen LogP contribution in [-0.4, -0.2) is 9.78 Å². The summed E-state index contributed by atoms with van der Waals surface area (Å²) in [5.41, 5.74) is -0.240. The van der Waals surface area contributed by atoms with Crippen molar-refractivity contribution in [3.05, 3.63) is 45.0 Å². The van der Waals surface area contributed by atoms with Crippen molar-refractivity contribution in [3.63, 3.8) is 0 Å². The maximum absolute atomic E-state index is 12.8. The summed E-state index contributed by atoms with van der Waals surface area (Å²) in [4.78, 5) is 25.2. The Kier molecular flexibility index (Phi) is 3.94. The van der Waals surface area contributed by atoms with Crippen LogP contribution in [0.2, 0.25) is 0 Å². The summed E-state index contributed by atoms with van der Waals surface area (Å²) in [7, 11) is 0. The molecule has 2 aromatic rings. The fraction of sp³-hybridized carbons (Fsp3) is 0.556. The third-order valence-electron chi connectivity index (χ3n) is 5.16. The molecule has 0 amide bonds. The van der Waals surface area contributed by atoms with Crippen molar-refractivity contribution < 1.29 is 0 Å². The van der Waals surface area contributed by atoms with E-state index in [0.717, 1.165) is 12.8 Å². The standard InChI is InChI=1S/C18H24N2O2/c1-11(2)13-9-8-12(3)10-16(13)20-18(22)15-7-5-4-6-14(15)17(21)19-20/h4-7,11-13,16H,8-10H2,1-3H3,(H,19,21)/t12-,13+,16-/m1/s1. The number of fused-ring (bicyclic) bond motifs is 1. The molecule has 118 valence electrons. The van der Waals surface area contributed by atoms with E-state index in [1.807, 2.05) is 6.07 Å². The minimum absolute atomic E-state index is 0.0695. The molecule has 1 N–H and O–H groups in total. The molecular weight excluding hydrogens is 276 g/mol. The van der Waals surface area contributed by atoms with Gasteiger partial charge in [0.25, 0.3) is 11.1 Å². The maximum Gasteiger partial charge on any atom is 0.273 e. The van der Waals surface area contributed by atoms with E-state index in [9.17, 15) is 9.59 Å². The lowest BCUT2D eigenvalue weighted by atomic mass is 9.74. The summed E-state index contributed by atoms with van der Waals surface area (Å²) >= 11 is 0. The second kappa shape index (κ2) is 5.75. The Morgan fingerprint density at radius 1 is 1.14 bits per heavy atom. The fourth-order valence-corrected chi connectivity index (χ4v) is 3.90. The number of benzene rings is 1. The molecule has 1 aromatic heterocycles. The monoisotopic (exact) mass is 300 g/mol. The van der Waals surface area contributed by atoms with Crippen LogP contribution in [0.15, 0.2) is 33.9 Å². The van der Waals surface area contributed by atoms with Gasteiger partial charge in [0.15, 0.2) is 0 Å². The SMILES string of the molecule is CC(C)[C@@H]1CC[C@@H](C)C[C@H]1n1[nH]c(=O)c2ccccc2c1=O. The molecule has 1 heterocycles. The largest absolute Gasteiger partial charge is 0.273 e. The molecule has 3 atom stereocenters. The van der Waals surface area contributed by atoms with E-state index < -0.39 is 0 Å². The van der Waals surface area contributed by atoms with Gasteiger partial charge in [0.05, 0.1) is 16.8 Å². The summed E-state index contributed by atoms with van der Waals surface area (Å²) in [6.07, 6.45) is 3.27. The highest BCUT2D eigenvalue weighted by atomic mass is 16.2. The van der Waals surface area contributed by atoms with Crippen LogP contribution in [0.3, 0.4) is 0 Å². The molecule has 3 rings (SSSR count). The zero-order chi connectivity index (χ0) is 15.9. The van der Waals surface area contributed by atoms with E-state index >= 15 is 0 Å². The van der Waals surface area contributed by atoms with Crippen molar-refractivity contribution >= 4 is 10.8 Å². The van der Waals surface area contributed by atoms with Crippen molar-refractivity contribution in [1.82, 2.24) is 9.78 Å². The Morgan fingerprint density at radius 2 is 1.82 bits per heavy atom. The van der Waals surface area contributed by atoms with Crippen molar-refractivity contribution in [3.8, 4) is 0 Å². The number of hydrogen-bond acceptors (Lipinski definition) is 2. The lowest BCUT2D eigenvalue weighted by molar-refractivity contribution is 0.135. The first-order valence-electron chi connectivity index (χ1n) is 8.22. The third-order valence-corrected chi connectivity index (χ3v) is 5.16. The van der Waals surface area contributed by atoms with Crippen molar-refractivity contribution in [1.29, 1.82) is 0 Å². The van der Waals surface area contributed by atoms with Crippen LogP contribution in [0.5, 0.6) is 0 Å². The van der Waals surface area contributed by atoms with E-state index in [1.54, 1.807) is 22.9 Å². The van der Waals surface area contributed by atoms with Crippen LogP contribution in [0.4, 0.5) is 0 Å².